The van der Waals surface area contributed by atoms with E-state index in [-0.39, 0.29) is 17.3 Å². The van der Waals surface area contributed by atoms with Crippen molar-refractivity contribution in [3.63, 3.8) is 0 Å². The number of rotatable bonds is 10. The van der Waals surface area contributed by atoms with E-state index < -0.39 is 20.0 Å². The molecule has 0 aromatic heterocycles. The highest BCUT2D eigenvalue weighted by atomic mass is 32.2. The summed E-state index contributed by atoms with van der Waals surface area (Å²) in [6, 6.07) is 18.3. The van der Waals surface area contributed by atoms with E-state index in [0.717, 1.165) is 16.7 Å². The molecule has 1 amide bonds. The van der Waals surface area contributed by atoms with Gasteiger partial charge in [0.15, 0.2) is 0 Å². The van der Waals surface area contributed by atoms with Gasteiger partial charge in [-0.1, -0.05) is 32.0 Å². The van der Waals surface area contributed by atoms with Gasteiger partial charge in [-0.3, -0.25) is 9.10 Å². The monoisotopic (exact) mass is 543 g/mol. The Hall–Kier alpha value is -3.21. The Balaban J connectivity index is 1.73. The van der Waals surface area contributed by atoms with Crippen LogP contribution in [0.1, 0.15) is 40.9 Å². The van der Waals surface area contributed by atoms with Gasteiger partial charge in [0.1, 0.15) is 0 Å². The van der Waals surface area contributed by atoms with Crippen LogP contribution >= 0.6 is 0 Å². The van der Waals surface area contributed by atoms with Crippen molar-refractivity contribution in [2.75, 3.05) is 29.0 Å². The van der Waals surface area contributed by atoms with Crippen LogP contribution in [0.3, 0.4) is 0 Å². The number of hydrogen-bond acceptors (Lipinski definition) is 5. The number of amides is 1. The Kier molecular flexibility index (Phi) is 8.78. The maximum absolute atomic E-state index is 12.7. The molecular formula is C27H33N3O5S2. The van der Waals surface area contributed by atoms with Crippen molar-refractivity contribution >= 4 is 37.3 Å². The maximum Gasteiger partial charge on any atom is 0.255 e. The summed E-state index contributed by atoms with van der Waals surface area (Å²) in [6.45, 7) is 8.35. The van der Waals surface area contributed by atoms with Crippen LogP contribution in [0.5, 0.6) is 0 Å². The summed E-state index contributed by atoms with van der Waals surface area (Å²) in [5, 5.41) is 2.76. The number of benzene rings is 3. The quantitative estimate of drug-likeness (QED) is 0.404. The van der Waals surface area contributed by atoms with E-state index in [0.29, 0.717) is 30.0 Å². The zero-order valence-electron chi connectivity index (χ0n) is 21.7. The van der Waals surface area contributed by atoms with Crippen LogP contribution in [0.2, 0.25) is 0 Å². The molecule has 3 aromatic rings. The van der Waals surface area contributed by atoms with Gasteiger partial charge in [0.05, 0.1) is 23.4 Å². The largest absolute Gasteiger partial charge is 0.322 e. The van der Waals surface area contributed by atoms with Gasteiger partial charge in [-0.15, -0.1) is 0 Å². The average molecular weight is 544 g/mol. The lowest BCUT2D eigenvalue weighted by atomic mass is 10.1. The first-order valence-corrected chi connectivity index (χ1v) is 15.2. The van der Waals surface area contributed by atoms with E-state index in [4.69, 9.17) is 0 Å². The summed E-state index contributed by atoms with van der Waals surface area (Å²) in [4.78, 5) is 12.9. The van der Waals surface area contributed by atoms with Gasteiger partial charge in [-0.2, -0.15) is 4.31 Å². The molecule has 0 atom stereocenters. The first kappa shape index (κ1) is 28.4. The smallest absolute Gasteiger partial charge is 0.255 e. The van der Waals surface area contributed by atoms with Crippen molar-refractivity contribution in [2.45, 2.75) is 39.1 Å². The van der Waals surface area contributed by atoms with E-state index in [1.54, 1.807) is 56.3 Å². The lowest BCUT2D eigenvalue weighted by molar-refractivity contribution is 0.102. The molecule has 37 heavy (non-hydrogen) atoms. The minimum atomic E-state index is -3.57. The Morgan fingerprint density at radius 1 is 0.811 bits per heavy atom. The molecule has 3 aromatic carbocycles. The third-order valence-electron chi connectivity index (χ3n) is 6.18. The number of hydrogen-bond donors (Lipinski definition) is 1. The fraction of sp³-hybridized carbons (Fsp3) is 0.296. The zero-order valence-corrected chi connectivity index (χ0v) is 23.4. The predicted molar refractivity (Wildman–Crippen MR) is 148 cm³/mol. The third kappa shape index (κ3) is 6.76. The van der Waals surface area contributed by atoms with Gasteiger partial charge in [0.25, 0.3) is 5.91 Å². The minimum Gasteiger partial charge on any atom is -0.322 e. The summed E-state index contributed by atoms with van der Waals surface area (Å²) in [5.41, 5.74) is 4.24. The predicted octanol–water partition coefficient (Wildman–Crippen LogP) is 4.55. The number of carbonyl (C=O) groups excluding carboxylic acids is 1. The Bertz CT molecular complexity index is 1460. The highest BCUT2D eigenvalue weighted by Crippen LogP contribution is 2.24. The van der Waals surface area contributed by atoms with Gasteiger partial charge in [-0.25, -0.2) is 16.8 Å². The van der Waals surface area contributed by atoms with E-state index >= 15 is 0 Å². The first-order chi connectivity index (χ1) is 17.4. The standard InChI is InChI=1S/C27H33N3O5S2/c1-6-29(7-2)37(34,35)26-16-13-24(14-17-26)28-27(31)23-11-9-22(10-12-23)19-30(36(5,32)33)25-15-8-20(3)21(4)18-25/h8-18H,6-7,19H2,1-5H3,(H,28,31). The van der Waals surface area contributed by atoms with Crippen LogP contribution in [-0.2, 0) is 26.6 Å². The minimum absolute atomic E-state index is 0.131. The lowest BCUT2D eigenvalue weighted by Gasteiger charge is -2.23. The molecule has 0 heterocycles. The van der Waals surface area contributed by atoms with Crippen molar-refractivity contribution < 1.29 is 21.6 Å². The summed E-state index contributed by atoms with van der Waals surface area (Å²) in [6.07, 6.45) is 1.17. The zero-order chi connectivity index (χ0) is 27.4. The Labute approximate surface area is 220 Å². The average Bonchev–Trinajstić information content (AvgIpc) is 2.85. The Morgan fingerprint density at radius 3 is 1.92 bits per heavy atom. The number of nitrogens with one attached hydrogen (secondary N) is 1. The van der Waals surface area contributed by atoms with Crippen LogP contribution in [0.25, 0.3) is 0 Å². The molecule has 0 aliphatic carbocycles. The second kappa shape index (κ2) is 11.5. The molecular weight excluding hydrogens is 510 g/mol. The van der Waals surface area contributed by atoms with E-state index in [2.05, 4.69) is 5.32 Å². The lowest BCUT2D eigenvalue weighted by Crippen LogP contribution is -2.30. The van der Waals surface area contributed by atoms with Crippen LogP contribution in [0.15, 0.2) is 71.6 Å². The number of carbonyl (C=O) groups is 1. The molecule has 8 nitrogen and oxygen atoms in total. The van der Waals surface area contributed by atoms with Gasteiger partial charge in [0, 0.05) is 24.3 Å². The third-order valence-corrected chi connectivity index (χ3v) is 9.38. The second-order valence-corrected chi connectivity index (χ2v) is 12.6. The SMILES string of the molecule is CCN(CC)S(=O)(=O)c1ccc(NC(=O)c2ccc(CN(c3ccc(C)c(C)c3)S(C)(=O)=O)cc2)cc1. The highest BCUT2D eigenvalue weighted by molar-refractivity contribution is 7.92. The van der Waals surface area contributed by atoms with Crippen LogP contribution in [0.4, 0.5) is 11.4 Å². The summed E-state index contributed by atoms with van der Waals surface area (Å²) in [7, 11) is -7.10. The molecule has 0 fully saturated rings. The number of anilines is 2. The molecule has 198 valence electrons. The molecule has 0 saturated carbocycles. The van der Waals surface area contributed by atoms with Crippen LogP contribution in [0, 0.1) is 13.8 Å². The molecule has 0 bridgehead atoms. The molecule has 0 spiro atoms. The number of nitrogens with zero attached hydrogens (tertiary/aromatic N) is 2. The van der Waals surface area contributed by atoms with Gasteiger partial charge in [0.2, 0.25) is 20.0 Å². The number of aryl methyl sites for hydroxylation is 2. The molecule has 3 rings (SSSR count). The van der Waals surface area contributed by atoms with Crippen molar-refractivity contribution in [3.05, 3.63) is 89.0 Å². The molecule has 1 N–H and O–H groups in total. The molecule has 10 heteroatoms. The van der Waals surface area contributed by atoms with Crippen molar-refractivity contribution in [1.29, 1.82) is 0 Å². The molecule has 0 unspecified atom stereocenters. The van der Waals surface area contributed by atoms with E-state index in [1.807, 2.05) is 26.0 Å². The van der Waals surface area contributed by atoms with Gasteiger partial charge < -0.3 is 5.32 Å². The fourth-order valence-electron chi connectivity index (χ4n) is 3.83. The van der Waals surface area contributed by atoms with Crippen molar-refractivity contribution in [1.82, 2.24) is 4.31 Å². The molecule has 0 saturated heterocycles. The normalized spacial score (nSPS) is 11.9. The summed E-state index contributed by atoms with van der Waals surface area (Å²) < 4.78 is 53.0. The van der Waals surface area contributed by atoms with Gasteiger partial charge in [-0.05, 0) is 79.1 Å². The molecule has 0 aliphatic rings. The molecule has 0 radical (unpaired) electrons. The van der Waals surface area contributed by atoms with E-state index in [1.165, 1.54) is 27.0 Å². The van der Waals surface area contributed by atoms with Gasteiger partial charge >= 0.3 is 0 Å². The Morgan fingerprint density at radius 2 is 1.41 bits per heavy atom. The maximum atomic E-state index is 12.7. The molecule has 0 aliphatic heterocycles. The topological polar surface area (TPSA) is 104 Å². The first-order valence-electron chi connectivity index (χ1n) is 11.9. The number of sulfonamides is 2. The summed E-state index contributed by atoms with van der Waals surface area (Å²) in [5.74, 6) is -0.361. The van der Waals surface area contributed by atoms with Crippen molar-refractivity contribution in [2.24, 2.45) is 0 Å². The summed E-state index contributed by atoms with van der Waals surface area (Å²) >= 11 is 0. The van der Waals surface area contributed by atoms with E-state index in [9.17, 15) is 21.6 Å². The second-order valence-electron chi connectivity index (χ2n) is 8.80. The fourth-order valence-corrected chi connectivity index (χ4v) is 6.17. The van der Waals surface area contributed by atoms with Crippen LogP contribution in [-0.4, -0.2) is 46.4 Å². The highest BCUT2D eigenvalue weighted by Gasteiger charge is 2.22. The van der Waals surface area contributed by atoms with Crippen molar-refractivity contribution in [3.8, 4) is 0 Å². The van der Waals surface area contributed by atoms with Crippen LogP contribution < -0.4 is 9.62 Å².